The summed E-state index contributed by atoms with van der Waals surface area (Å²) in [5.41, 5.74) is 10.4. The first kappa shape index (κ1) is 21.9. The van der Waals surface area contributed by atoms with Crippen molar-refractivity contribution < 1.29 is 13.9 Å². The molecule has 32 heavy (non-hydrogen) atoms. The Morgan fingerprint density at radius 1 is 1.34 bits per heavy atom. The summed E-state index contributed by atoms with van der Waals surface area (Å²) in [6.45, 7) is 3.08. The number of primary amides is 1. The highest BCUT2D eigenvalue weighted by Crippen LogP contribution is 2.44. The number of nitrogen functional groups attached to an aromatic ring is 1. The van der Waals surface area contributed by atoms with Gasteiger partial charge in [-0.25, -0.2) is 14.0 Å². The molecule has 174 valence electrons. The van der Waals surface area contributed by atoms with E-state index in [0.717, 1.165) is 18.9 Å². The Labute approximate surface area is 182 Å². The van der Waals surface area contributed by atoms with Crippen LogP contribution in [0.2, 0.25) is 0 Å². The number of benzene rings is 1. The third-order valence-corrected chi connectivity index (χ3v) is 6.45. The number of ether oxygens (including phenoxy) is 1. The molecule has 0 unspecified atom stereocenters. The summed E-state index contributed by atoms with van der Waals surface area (Å²) in [7, 11) is 1.38. The number of hydrogen-bond donors (Lipinski definition) is 4. The van der Waals surface area contributed by atoms with Crippen molar-refractivity contribution in [3.63, 3.8) is 0 Å². The number of anilines is 1. The van der Waals surface area contributed by atoms with Crippen LogP contribution in [-0.4, -0.2) is 48.1 Å². The van der Waals surface area contributed by atoms with E-state index in [4.69, 9.17) is 22.0 Å². The van der Waals surface area contributed by atoms with Crippen LogP contribution in [0.3, 0.4) is 0 Å². The summed E-state index contributed by atoms with van der Waals surface area (Å²) < 4.78 is 22.9. The molecular weight excluding hydrogens is 421 g/mol. The lowest BCUT2D eigenvalue weighted by Gasteiger charge is -2.25. The molecule has 0 bridgehead atoms. The zero-order valence-electron chi connectivity index (χ0n) is 18.0. The van der Waals surface area contributed by atoms with Gasteiger partial charge >= 0.3 is 11.7 Å². The second-order valence-electron chi connectivity index (χ2n) is 8.65. The second kappa shape index (κ2) is 8.01. The minimum Gasteiger partial charge on any atom is -0.492 e. The molecule has 2 aliphatic rings. The number of urea groups is 1. The summed E-state index contributed by atoms with van der Waals surface area (Å²) in [5.74, 6) is 5.19. The Morgan fingerprint density at radius 3 is 2.62 bits per heavy atom. The van der Waals surface area contributed by atoms with Crippen LogP contribution in [0.25, 0.3) is 10.9 Å². The molecule has 1 aromatic heterocycles. The molecule has 0 radical (unpaired) electrons. The first-order valence-electron chi connectivity index (χ1n) is 10.5. The monoisotopic (exact) mass is 449 g/mol. The van der Waals surface area contributed by atoms with Gasteiger partial charge in [0.15, 0.2) is 11.6 Å². The molecule has 1 aromatic carbocycles. The van der Waals surface area contributed by atoms with Crippen molar-refractivity contribution in [2.24, 2.45) is 23.3 Å². The van der Waals surface area contributed by atoms with Gasteiger partial charge in [-0.3, -0.25) is 9.36 Å². The van der Waals surface area contributed by atoms with Gasteiger partial charge in [0.2, 0.25) is 0 Å². The van der Waals surface area contributed by atoms with Crippen LogP contribution in [0.15, 0.2) is 15.7 Å². The molecule has 12 heteroatoms. The fourth-order valence-electron chi connectivity index (χ4n) is 4.70. The Bertz CT molecular complexity index is 1190. The van der Waals surface area contributed by atoms with Gasteiger partial charge in [-0.05, 0) is 30.7 Å². The molecule has 2 heterocycles. The topological polar surface area (TPSA) is 164 Å². The second-order valence-corrected chi connectivity index (χ2v) is 8.65. The molecule has 2 aromatic rings. The van der Waals surface area contributed by atoms with E-state index in [1.807, 2.05) is 11.8 Å². The molecule has 1 saturated carbocycles. The van der Waals surface area contributed by atoms with Gasteiger partial charge in [0.1, 0.15) is 11.2 Å². The largest absolute Gasteiger partial charge is 0.492 e. The van der Waals surface area contributed by atoms with Gasteiger partial charge < -0.3 is 32.3 Å². The maximum absolute atomic E-state index is 15.4. The van der Waals surface area contributed by atoms with Gasteiger partial charge in [-0.1, -0.05) is 6.92 Å². The highest BCUT2D eigenvalue weighted by molar-refractivity contribution is 5.91. The Balaban J connectivity index is 1.82. The first-order chi connectivity index (χ1) is 15.1. The van der Waals surface area contributed by atoms with Gasteiger partial charge in [-0.2, -0.15) is 4.68 Å². The summed E-state index contributed by atoms with van der Waals surface area (Å²) in [4.78, 5) is 38.2. The zero-order chi connectivity index (χ0) is 23.3. The number of rotatable bonds is 6. The van der Waals surface area contributed by atoms with Crippen molar-refractivity contribution in [2.45, 2.75) is 31.8 Å². The summed E-state index contributed by atoms with van der Waals surface area (Å²) in [6, 6.07) is -0.0462. The maximum Gasteiger partial charge on any atom is 0.350 e. The number of nitrogens with one attached hydrogen (secondary N) is 1. The lowest BCUT2D eigenvalue weighted by molar-refractivity contribution is 0.246. The lowest BCUT2D eigenvalue weighted by Crippen LogP contribution is -2.46. The highest BCUT2D eigenvalue weighted by Gasteiger charge is 2.38. The quantitative estimate of drug-likeness (QED) is 0.429. The molecule has 3 atom stereocenters. The van der Waals surface area contributed by atoms with E-state index in [1.54, 1.807) is 0 Å². The molecule has 1 aliphatic heterocycles. The van der Waals surface area contributed by atoms with Crippen molar-refractivity contribution in [3.05, 3.63) is 32.7 Å². The van der Waals surface area contributed by atoms with Crippen LogP contribution >= 0.6 is 0 Å². The molecule has 0 spiro atoms. The average molecular weight is 449 g/mol. The third-order valence-electron chi connectivity index (χ3n) is 6.45. The number of aromatic nitrogens is 2. The van der Waals surface area contributed by atoms with E-state index in [9.17, 15) is 14.4 Å². The van der Waals surface area contributed by atoms with Crippen molar-refractivity contribution in [1.29, 1.82) is 0 Å². The molecular formula is C20H28FN7O4. The maximum atomic E-state index is 15.4. The molecule has 2 fully saturated rings. The van der Waals surface area contributed by atoms with Gasteiger partial charge in [0, 0.05) is 31.7 Å². The summed E-state index contributed by atoms with van der Waals surface area (Å²) in [5, 5.41) is 2.50. The fraction of sp³-hybridized carbons (Fsp3) is 0.550. The van der Waals surface area contributed by atoms with E-state index in [0.29, 0.717) is 17.8 Å². The molecule has 1 aliphatic carbocycles. The van der Waals surface area contributed by atoms with Crippen LogP contribution in [-0.2, 0) is 0 Å². The molecule has 2 amide bonds. The SMILES string of the molecule is COc1c(N2C[C@H]([C@@H](N)CNC(N)=O)[C@@H](C)C2)c(F)cc2c(=O)n(N)c(=O)n(C3CC3)c12. The smallest absolute Gasteiger partial charge is 0.350 e. The van der Waals surface area contributed by atoms with Crippen LogP contribution in [0.5, 0.6) is 5.75 Å². The van der Waals surface area contributed by atoms with E-state index in [-0.39, 0.29) is 52.8 Å². The third kappa shape index (κ3) is 3.53. The Morgan fingerprint density at radius 2 is 2.03 bits per heavy atom. The van der Waals surface area contributed by atoms with Gasteiger partial charge in [0.25, 0.3) is 5.56 Å². The number of carbonyl (C=O) groups is 1. The predicted molar refractivity (Wildman–Crippen MR) is 118 cm³/mol. The highest BCUT2D eigenvalue weighted by atomic mass is 19.1. The van der Waals surface area contributed by atoms with E-state index < -0.39 is 23.1 Å². The van der Waals surface area contributed by atoms with Crippen LogP contribution in [0.4, 0.5) is 14.9 Å². The van der Waals surface area contributed by atoms with E-state index >= 15 is 4.39 Å². The summed E-state index contributed by atoms with van der Waals surface area (Å²) in [6.07, 6.45) is 1.52. The number of halogens is 1. The van der Waals surface area contributed by atoms with Gasteiger partial charge in [0.05, 0.1) is 12.5 Å². The number of carbonyl (C=O) groups excluding carboxylic acids is 1. The number of nitrogens with two attached hydrogens (primary N) is 3. The normalized spacial score (nSPS) is 21.7. The molecule has 1 saturated heterocycles. The van der Waals surface area contributed by atoms with Crippen LogP contribution in [0.1, 0.15) is 25.8 Å². The van der Waals surface area contributed by atoms with Crippen molar-refractivity contribution in [3.8, 4) is 5.75 Å². The van der Waals surface area contributed by atoms with Crippen molar-refractivity contribution in [2.75, 3.05) is 37.5 Å². The number of fused-ring (bicyclic) bond motifs is 1. The van der Waals surface area contributed by atoms with Crippen LogP contribution < -0.4 is 43.5 Å². The fourth-order valence-corrected chi connectivity index (χ4v) is 4.70. The Hall–Kier alpha value is -3.28. The van der Waals surface area contributed by atoms with Crippen LogP contribution in [0, 0.1) is 17.7 Å². The summed E-state index contributed by atoms with van der Waals surface area (Å²) >= 11 is 0. The number of amides is 2. The number of methoxy groups -OCH3 is 1. The molecule has 7 N–H and O–H groups in total. The van der Waals surface area contributed by atoms with Gasteiger partial charge in [-0.15, -0.1) is 0 Å². The predicted octanol–water partition coefficient (Wildman–Crippen LogP) is -0.572. The average Bonchev–Trinajstić information content (AvgIpc) is 3.51. The van der Waals surface area contributed by atoms with Crippen molar-refractivity contribution >= 4 is 22.6 Å². The number of nitrogens with zero attached hydrogens (tertiary/aromatic N) is 3. The molecule has 11 nitrogen and oxygen atoms in total. The lowest BCUT2D eigenvalue weighted by atomic mass is 9.91. The molecule has 4 rings (SSSR count). The minimum absolute atomic E-state index is 0.0109. The van der Waals surface area contributed by atoms with E-state index in [2.05, 4.69) is 5.32 Å². The number of hydrogen-bond acceptors (Lipinski definition) is 7. The Kier molecular flexibility index (Phi) is 5.49. The zero-order valence-corrected chi connectivity index (χ0v) is 18.0. The van der Waals surface area contributed by atoms with E-state index in [1.165, 1.54) is 11.7 Å². The standard InChI is InChI=1S/C20H28FN7O4/c1-9-7-26(8-12(9)14(22)6-25-19(23)30)16-13(21)5-11-15(17(16)32-2)27(10-3-4-10)20(31)28(24)18(11)29/h5,9-10,12,14H,3-4,6-8,22,24H2,1-2H3,(H3,23,25,30)/t9-,12-,14-/m0/s1. The minimum atomic E-state index is -0.780. The first-order valence-corrected chi connectivity index (χ1v) is 10.5. The van der Waals surface area contributed by atoms with Crippen molar-refractivity contribution in [1.82, 2.24) is 14.6 Å².